The fourth-order valence-corrected chi connectivity index (χ4v) is 4.87. The molecule has 1 unspecified atom stereocenters. The summed E-state index contributed by atoms with van der Waals surface area (Å²) < 4.78 is 3.45. The number of fused-ring (bicyclic) bond motifs is 1. The van der Waals surface area contributed by atoms with Crippen LogP contribution < -0.4 is 21.5 Å². The van der Waals surface area contributed by atoms with Gasteiger partial charge in [0.25, 0.3) is 11.5 Å². The highest BCUT2D eigenvalue weighted by Crippen LogP contribution is 2.39. The third-order valence-corrected chi connectivity index (χ3v) is 6.91. The van der Waals surface area contributed by atoms with Crippen LogP contribution in [0.2, 0.25) is 0 Å². The lowest BCUT2D eigenvalue weighted by Gasteiger charge is -2.34. The topological polar surface area (TPSA) is 137 Å². The van der Waals surface area contributed by atoms with Crippen LogP contribution in [0.4, 0.5) is 17.3 Å². The number of carbonyl (C=O) groups is 1. The van der Waals surface area contributed by atoms with E-state index in [1.54, 1.807) is 36.5 Å². The second-order valence-corrected chi connectivity index (χ2v) is 9.56. The fourth-order valence-electron chi connectivity index (χ4n) is 4.87. The Labute approximate surface area is 207 Å². The highest BCUT2D eigenvalue weighted by atomic mass is 16.1. The van der Waals surface area contributed by atoms with Crippen LogP contribution in [-0.2, 0) is 7.05 Å². The van der Waals surface area contributed by atoms with Crippen LogP contribution in [0.5, 0.6) is 0 Å². The Morgan fingerprint density at radius 2 is 2.03 bits per heavy atom. The third-order valence-electron chi connectivity index (χ3n) is 6.91. The normalized spacial score (nSPS) is 17.9. The number of nitrogens with two attached hydrogens (primary N) is 1. The fraction of sp³-hybridized carbons (Fsp3) is 0.360. The van der Waals surface area contributed by atoms with Gasteiger partial charge in [0.2, 0.25) is 0 Å². The summed E-state index contributed by atoms with van der Waals surface area (Å²) in [4.78, 5) is 40.9. The average Bonchev–Trinajstić information content (AvgIpc) is 3.66. The standard InChI is InChI=1S/C25H27N9O2/c1-32-13-17(10-29-32)30-24-22(23(26)35)28-12-21(31-24)33-7-2-3-18(14-33)34-8-6-16-9-20(15-4-5-15)27-11-19(16)25(34)36/h6,8-13,15,18H,2-5,7,14H2,1H3,(H2,26,35)(H,30,31). The summed E-state index contributed by atoms with van der Waals surface area (Å²) in [6.07, 6.45) is 12.7. The van der Waals surface area contributed by atoms with E-state index in [0.717, 1.165) is 30.5 Å². The number of nitrogens with one attached hydrogen (secondary N) is 1. The molecule has 36 heavy (non-hydrogen) atoms. The van der Waals surface area contributed by atoms with Gasteiger partial charge in [0, 0.05) is 50.3 Å². The molecule has 0 spiro atoms. The van der Waals surface area contributed by atoms with Gasteiger partial charge in [-0.25, -0.2) is 9.97 Å². The van der Waals surface area contributed by atoms with Crippen molar-refractivity contribution in [2.75, 3.05) is 23.3 Å². The molecule has 3 N–H and O–H groups in total. The van der Waals surface area contributed by atoms with E-state index in [0.29, 0.717) is 29.4 Å². The van der Waals surface area contributed by atoms with E-state index in [1.165, 1.54) is 12.8 Å². The summed E-state index contributed by atoms with van der Waals surface area (Å²) in [7, 11) is 1.80. The van der Waals surface area contributed by atoms with Gasteiger partial charge in [0.05, 0.1) is 29.5 Å². The largest absolute Gasteiger partial charge is 0.364 e. The van der Waals surface area contributed by atoms with Crippen LogP contribution in [0, 0.1) is 0 Å². The van der Waals surface area contributed by atoms with Crippen LogP contribution in [-0.4, -0.2) is 48.3 Å². The number of hydrogen-bond acceptors (Lipinski definition) is 8. The van der Waals surface area contributed by atoms with Crippen LogP contribution in [0.3, 0.4) is 0 Å². The molecular formula is C25H27N9O2. The van der Waals surface area contributed by atoms with Crippen molar-refractivity contribution in [2.45, 2.75) is 37.6 Å². The van der Waals surface area contributed by atoms with Crippen molar-refractivity contribution in [2.24, 2.45) is 12.8 Å². The monoisotopic (exact) mass is 485 g/mol. The Kier molecular flexibility index (Phi) is 5.39. The first-order valence-electron chi connectivity index (χ1n) is 12.1. The van der Waals surface area contributed by atoms with Gasteiger partial charge < -0.3 is 20.5 Å². The zero-order valence-electron chi connectivity index (χ0n) is 20.0. The number of rotatable bonds is 6. The molecule has 0 bridgehead atoms. The minimum absolute atomic E-state index is 0.0221. The quantitative estimate of drug-likeness (QED) is 0.425. The number of aromatic nitrogens is 6. The summed E-state index contributed by atoms with van der Waals surface area (Å²) in [5.74, 6) is 0.762. The van der Waals surface area contributed by atoms with Crippen molar-refractivity contribution >= 4 is 34.0 Å². The van der Waals surface area contributed by atoms with Gasteiger partial charge >= 0.3 is 0 Å². The molecule has 0 aromatic carbocycles. The molecule has 2 aliphatic rings. The molecule has 6 rings (SSSR count). The van der Waals surface area contributed by atoms with Crippen molar-refractivity contribution in [1.29, 1.82) is 0 Å². The van der Waals surface area contributed by atoms with E-state index >= 15 is 0 Å². The Bertz CT molecular complexity index is 1520. The van der Waals surface area contributed by atoms with Crippen molar-refractivity contribution < 1.29 is 4.79 Å². The molecular weight excluding hydrogens is 458 g/mol. The van der Waals surface area contributed by atoms with E-state index in [2.05, 4.69) is 36.3 Å². The number of amides is 1. The van der Waals surface area contributed by atoms with Gasteiger partial charge in [-0.15, -0.1) is 0 Å². The minimum Gasteiger partial charge on any atom is -0.364 e. The molecule has 1 saturated heterocycles. The van der Waals surface area contributed by atoms with Gasteiger partial charge in [0.15, 0.2) is 11.5 Å². The van der Waals surface area contributed by atoms with E-state index in [-0.39, 0.29) is 23.1 Å². The van der Waals surface area contributed by atoms with Crippen LogP contribution in [0.1, 0.15) is 53.8 Å². The number of pyridine rings is 2. The minimum atomic E-state index is -0.668. The highest BCUT2D eigenvalue weighted by molar-refractivity contribution is 5.96. The van der Waals surface area contributed by atoms with Gasteiger partial charge in [-0.2, -0.15) is 5.10 Å². The maximum absolute atomic E-state index is 13.4. The van der Waals surface area contributed by atoms with Crippen molar-refractivity contribution in [3.05, 3.63) is 64.9 Å². The predicted octanol–water partition coefficient (Wildman–Crippen LogP) is 2.48. The molecule has 1 atom stereocenters. The van der Waals surface area contributed by atoms with Gasteiger partial charge in [0.1, 0.15) is 5.82 Å². The Morgan fingerprint density at radius 3 is 2.78 bits per heavy atom. The molecule has 1 amide bonds. The molecule has 1 aliphatic carbocycles. The summed E-state index contributed by atoms with van der Waals surface area (Å²) in [5, 5.41) is 8.82. The lowest BCUT2D eigenvalue weighted by atomic mass is 10.0. The van der Waals surface area contributed by atoms with Gasteiger partial charge in [-0.1, -0.05) is 0 Å². The van der Waals surface area contributed by atoms with E-state index in [1.807, 2.05) is 16.8 Å². The third kappa shape index (κ3) is 4.16. The summed E-state index contributed by atoms with van der Waals surface area (Å²) in [6, 6.07) is 4.05. The summed E-state index contributed by atoms with van der Waals surface area (Å²) >= 11 is 0. The zero-order chi connectivity index (χ0) is 24.8. The Balaban J connectivity index is 1.28. The van der Waals surface area contributed by atoms with Crippen LogP contribution in [0.25, 0.3) is 10.8 Å². The Morgan fingerprint density at radius 1 is 1.17 bits per heavy atom. The first kappa shape index (κ1) is 22.2. The first-order valence-corrected chi connectivity index (χ1v) is 12.1. The number of carbonyl (C=O) groups excluding carboxylic acids is 1. The molecule has 184 valence electrons. The SMILES string of the molecule is Cn1cc(Nc2nc(N3CCCC(n4ccc5cc(C6CC6)ncc5c4=O)C3)cnc2C(N)=O)cn1. The molecule has 11 heteroatoms. The average molecular weight is 486 g/mol. The molecule has 0 radical (unpaired) electrons. The first-order chi connectivity index (χ1) is 17.5. The van der Waals surface area contributed by atoms with E-state index < -0.39 is 5.91 Å². The van der Waals surface area contributed by atoms with Gasteiger partial charge in [-0.05, 0) is 43.2 Å². The maximum atomic E-state index is 13.4. The van der Waals surface area contributed by atoms with E-state index in [4.69, 9.17) is 5.73 Å². The molecule has 5 heterocycles. The zero-order valence-corrected chi connectivity index (χ0v) is 20.0. The number of hydrogen-bond donors (Lipinski definition) is 2. The number of nitrogens with zero attached hydrogens (tertiary/aromatic N) is 7. The maximum Gasteiger partial charge on any atom is 0.271 e. The Hall–Kier alpha value is -4.28. The molecule has 2 fully saturated rings. The molecule has 1 saturated carbocycles. The van der Waals surface area contributed by atoms with Crippen molar-refractivity contribution in [1.82, 2.24) is 29.3 Å². The second-order valence-electron chi connectivity index (χ2n) is 9.56. The smallest absolute Gasteiger partial charge is 0.271 e. The highest BCUT2D eigenvalue weighted by Gasteiger charge is 2.27. The molecule has 1 aliphatic heterocycles. The lowest BCUT2D eigenvalue weighted by Crippen LogP contribution is -2.40. The number of anilines is 3. The number of primary amides is 1. The lowest BCUT2D eigenvalue weighted by molar-refractivity contribution is 0.0996. The van der Waals surface area contributed by atoms with Crippen molar-refractivity contribution in [3.63, 3.8) is 0 Å². The van der Waals surface area contributed by atoms with Crippen LogP contribution in [0.15, 0.2) is 47.9 Å². The van der Waals surface area contributed by atoms with Crippen molar-refractivity contribution in [3.8, 4) is 0 Å². The van der Waals surface area contributed by atoms with Crippen LogP contribution >= 0.6 is 0 Å². The van der Waals surface area contributed by atoms with Gasteiger partial charge in [-0.3, -0.25) is 19.3 Å². The predicted molar refractivity (Wildman–Crippen MR) is 136 cm³/mol. The molecule has 11 nitrogen and oxygen atoms in total. The summed E-state index contributed by atoms with van der Waals surface area (Å²) in [5.41, 5.74) is 7.31. The number of piperidine rings is 1. The second kappa shape index (κ2) is 8.74. The number of aryl methyl sites for hydroxylation is 1. The summed E-state index contributed by atoms with van der Waals surface area (Å²) in [6.45, 7) is 1.36. The van der Waals surface area contributed by atoms with E-state index in [9.17, 15) is 9.59 Å². The molecule has 4 aromatic heterocycles. The molecule has 4 aromatic rings.